The Balaban J connectivity index is 0.00000363. The summed E-state index contributed by atoms with van der Waals surface area (Å²) in [5, 5.41) is 6.69. The number of rotatable bonds is 6. The molecule has 3 rings (SSSR count). The molecule has 2 fully saturated rings. The molecule has 8 nitrogen and oxygen atoms in total. The first kappa shape index (κ1) is 26.8. The molecule has 0 aromatic heterocycles. The summed E-state index contributed by atoms with van der Waals surface area (Å²) in [5.74, 6) is 1.21. The molecular formula is C22H36IN5O3S. The molecule has 1 saturated heterocycles. The molecule has 0 bridgehead atoms. The van der Waals surface area contributed by atoms with Crippen LogP contribution in [0.5, 0.6) is 0 Å². The van der Waals surface area contributed by atoms with E-state index in [1.807, 2.05) is 4.90 Å². The SMILES string of the molecule is CN=C(NCc1ccc(S(=O)(=O)N(C)C)cc1)NC1CCN(C(=O)C2CCCCC2)C1.I. The largest absolute Gasteiger partial charge is 0.352 e. The number of nitrogens with one attached hydrogen (secondary N) is 2. The first-order valence-corrected chi connectivity index (χ1v) is 12.5. The van der Waals surface area contributed by atoms with Crippen LogP contribution in [-0.2, 0) is 21.4 Å². The molecule has 1 aliphatic carbocycles. The van der Waals surface area contributed by atoms with Crippen molar-refractivity contribution in [2.45, 2.75) is 56.0 Å². The number of hydrogen-bond donors (Lipinski definition) is 2. The van der Waals surface area contributed by atoms with Gasteiger partial charge < -0.3 is 15.5 Å². The summed E-state index contributed by atoms with van der Waals surface area (Å²) in [6.45, 7) is 2.04. The van der Waals surface area contributed by atoms with E-state index in [1.54, 1.807) is 31.3 Å². The lowest BCUT2D eigenvalue weighted by molar-refractivity contribution is -0.135. The Morgan fingerprint density at radius 3 is 2.38 bits per heavy atom. The summed E-state index contributed by atoms with van der Waals surface area (Å²) in [6, 6.07) is 7.03. The number of sulfonamides is 1. The molecule has 1 saturated carbocycles. The van der Waals surface area contributed by atoms with Crippen LogP contribution in [-0.4, -0.2) is 69.8 Å². The quantitative estimate of drug-likeness (QED) is 0.308. The maximum absolute atomic E-state index is 12.8. The van der Waals surface area contributed by atoms with Gasteiger partial charge in [-0.3, -0.25) is 9.79 Å². The van der Waals surface area contributed by atoms with Gasteiger partial charge in [-0.25, -0.2) is 12.7 Å². The number of benzene rings is 1. The fraction of sp³-hybridized carbons (Fsp3) is 0.636. The second-order valence-corrected chi connectivity index (χ2v) is 10.8. The second kappa shape index (κ2) is 12.2. The molecule has 1 aromatic rings. The Bertz CT molecular complexity index is 883. The fourth-order valence-electron chi connectivity index (χ4n) is 4.25. The van der Waals surface area contributed by atoms with Crippen LogP contribution < -0.4 is 10.6 Å². The molecule has 2 aliphatic rings. The van der Waals surface area contributed by atoms with Gasteiger partial charge >= 0.3 is 0 Å². The zero-order chi connectivity index (χ0) is 22.4. The molecule has 1 aliphatic heterocycles. The van der Waals surface area contributed by atoms with Gasteiger partial charge in [-0.1, -0.05) is 31.4 Å². The van der Waals surface area contributed by atoms with Crippen LogP contribution in [0.4, 0.5) is 0 Å². The van der Waals surface area contributed by atoms with Gasteiger partial charge in [0.2, 0.25) is 15.9 Å². The molecule has 180 valence electrons. The number of amides is 1. The maximum Gasteiger partial charge on any atom is 0.242 e. The summed E-state index contributed by atoms with van der Waals surface area (Å²) in [5.41, 5.74) is 0.959. The van der Waals surface area contributed by atoms with E-state index in [0.717, 1.165) is 31.4 Å². The summed E-state index contributed by atoms with van der Waals surface area (Å²) in [4.78, 5) is 19.3. The van der Waals surface area contributed by atoms with E-state index in [4.69, 9.17) is 0 Å². The van der Waals surface area contributed by atoms with E-state index in [0.29, 0.717) is 25.0 Å². The molecule has 1 atom stereocenters. The van der Waals surface area contributed by atoms with Crippen LogP contribution in [0.25, 0.3) is 0 Å². The lowest BCUT2D eigenvalue weighted by atomic mass is 9.88. The van der Waals surface area contributed by atoms with Gasteiger partial charge in [0.15, 0.2) is 5.96 Å². The average molecular weight is 578 g/mol. The average Bonchev–Trinajstić information content (AvgIpc) is 3.25. The third-order valence-electron chi connectivity index (χ3n) is 6.18. The van der Waals surface area contributed by atoms with Crippen molar-refractivity contribution in [1.29, 1.82) is 0 Å². The van der Waals surface area contributed by atoms with Crippen LogP contribution >= 0.6 is 24.0 Å². The predicted molar refractivity (Wildman–Crippen MR) is 138 cm³/mol. The number of carbonyl (C=O) groups is 1. The minimum absolute atomic E-state index is 0. The first-order valence-electron chi connectivity index (χ1n) is 11.1. The van der Waals surface area contributed by atoms with Crippen molar-refractivity contribution in [3.63, 3.8) is 0 Å². The minimum atomic E-state index is -3.42. The molecule has 1 amide bonds. The summed E-state index contributed by atoms with van der Waals surface area (Å²) >= 11 is 0. The van der Waals surface area contributed by atoms with Crippen molar-refractivity contribution in [3.05, 3.63) is 29.8 Å². The van der Waals surface area contributed by atoms with Crippen molar-refractivity contribution >= 4 is 45.9 Å². The van der Waals surface area contributed by atoms with Gasteiger partial charge in [-0.15, -0.1) is 24.0 Å². The minimum Gasteiger partial charge on any atom is -0.352 e. The summed E-state index contributed by atoms with van der Waals surface area (Å²) in [6.07, 6.45) is 6.58. The number of hydrogen-bond acceptors (Lipinski definition) is 4. The fourth-order valence-corrected chi connectivity index (χ4v) is 5.15. The highest BCUT2D eigenvalue weighted by Gasteiger charge is 2.31. The number of halogens is 1. The Morgan fingerprint density at radius 2 is 1.78 bits per heavy atom. The highest BCUT2D eigenvalue weighted by atomic mass is 127. The van der Waals surface area contributed by atoms with E-state index in [-0.39, 0.29) is 40.8 Å². The molecular weight excluding hydrogens is 541 g/mol. The summed E-state index contributed by atoms with van der Waals surface area (Å²) < 4.78 is 25.6. The highest BCUT2D eigenvalue weighted by molar-refractivity contribution is 14.0. The molecule has 0 spiro atoms. The van der Waals surface area contributed by atoms with Gasteiger partial charge in [0, 0.05) is 52.7 Å². The lowest BCUT2D eigenvalue weighted by Crippen LogP contribution is -2.45. The Kier molecular flexibility index (Phi) is 10.2. The van der Waals surface area contributed by atoms with Crippen molar-refractivity contribution in [1.82, 2.24) is 19.8 Å². The number of guanidine groups is 1. The van der Waals surface area contributed by atoms with Crippen LogP contribution in [0, 0.1) is 5.92 Å². The Morgan fingerprint density at radius 1 is 1.12 bits per heavy atom. The zero-order valence-electron chi connectivity index (χ0n) is 19.2. The first-order chi connectivity index (χ1) is 14.8. The van der Waals surface area contributed by atoms with Crippen LogP contribution in [0.2, 0.25) is 0 Å². The van der Waals surface area contributed by atoms with E-state index in [2.05, 4.69) is 15.6 Å². The standard InChI is InChI=1S/C22H35N5O3S.HI/c1-23-22(24-15-17-9-11-20(12-10-17)31(29,30)26(2)3)25-19-13-14-27(16-19)21(28)18-7-5-4-6-8-18;/h9-12,18-19H,4-8,13-16H2,1-3H3,(H2,23,24,25);1H. The topological polar surface area (TPSA) is 94.1 Å². The Hall–Kier alpha value is -1.40. The van der Waals surface area contributed by atoms with E-state index in [1.165, 1.54) is 37.7 Å². The number of aliphatic imine (C=N–C) groups is 1. The van der Waals surface area contributed by atoms with Crippen LogP contribution in [0.3, 0.4) is 0 Å². The van der Waals surface area contributed by atoms with Crippen LogP contribution in [0.15, 0.2) is 34.2 Å². The molecule has 2 N–H and O–H groups in total. The number of likely N-dealkylation sites (tertiary alicyclic amines) is 1. The maximum atomic E-state index is 12.8. The van der Waals surface area contributed by atoms with Crippen molar-refractivity contribution in [2.24, 2.45) is 10.9 Å². The monoisotopic (exact) mass is 577 g/mol. The van der Waals surface area contributed by atoms with Crippen LogP contribution in [0.1, 0.15) is 44.1 Å². The summed E-state index contributed by atoms with van der Waals surface area (Å²) in [7, 11) is 1.35. The molecule has 10 heteroatoms. The van der Waals surface area contributed by atoms with Crippen molar-refractivity contribution < 1.29 is 13.2 Å². The van der Waals surface area contributed by atoms with Crippen molar-refractivity contribution in [2.75, 3.05) is 34.2 Å². The molecule has 1 aromatic carbocycles. The van der Waals surface area contributed by atoms with Gasteiger partial charge in [0.1, 0.15) is 0 Å². The predicted octanol–water partition coefficient (Wildman–Crippen LogP) is 2.40. The van der Waals surface area contributed by atoms with Gasteiger partial charge in [0.25, 0.3) is 0 Å². The van der Waals surface area contributed by atoms with E-state index in [9.17, 15) is 13.2 Å². The molecule has 1 heterocycles. The number of carbonyl (C=O) groups excluding carboxylic acids is 1. The van der Waals surface area contributed by atoms with E-state index >= 15 is 0 Å². The van der Waals surface area contributed by atoms with Gasteiger partial charge in [-0.05, 0) is 37.0 Å². The van der Waals surface area contributed by atoms with Crippen molar-refractivity contribution in [3.8, 4) is 0 Å². The Labute approximate surface area is 209 Å². The molecule has 32 heavy (non-hydrogen) atoms. The normalized spacial score (nSPS) is 20.2. The highest BCUT2D eigenvalue weighted by Crippen LogP contribution is 2.26. The smallest absolute Gasteiger partial charge is 0.242 e. The molecule has 0 radical (unpaired) electrons. The molecule has 1 unspecified atom stereocenters. The van der Waals surface area contributed by atoms with Gasteiger partial charge in [0.05, 0.1) is 4.90 Å². The van der Waals surface area contributed by atoms with Gasteiger partial charge in [-0.2, -0.15) is 0 Å². The van der Waals surface area contributed by atoms with E-state index < -0.39 is 10.0 Å². The third-order valence-corrected chi connectivity index (χ3v) is 8.01. The number of nitrogens with zero attached hydrogens (tertiary/aromatic N) is 3. The zero-order valence-corrected chi connectivity index (χ0v) is 22.4. The lowest BCUT2D eigenvalue weighted by Gasteiger charge is -2.26. The third kappa shape index (κ3) is 6.80. The second-order valence-electron chi connectivity index (χ2n) is 8.61.